The lowest BCUT2D eigenvalue weighted by Gasteiger charge is -2.15. The molecule has 1 unspecified atom stereocenters. The van der Waals surface area contributed by atoms with E-state index in [2.05, 4.69) is 19.1 Å². The van der Waals surface area contributed by atoms with Gasteiger partial charge in [-0.05, 0) is 32.1 Å². The first-order valence-corrected chi connectivity index (χ1v) is 13.1. The summed E-state index contributed by atoms with van der Waals surface area (Å²) in [5.41, 5.74) is 0. The SMILES string of the molecule is CCCCCCCC/C=C/CCCCCCCC(=O)OC[C@H](O)CC(F)P(=O)(O)O. The highest BCUT2D eigenvalue weighted by molar-refractivity contribution is 7.52. The number of carbonyl (C=O) groups excluding carboxylic acids is 1. The second-order valence-corrected chi connectivity index (χ2v) is 9.67. The standard InChI is InChI=1S/C22H42FO6P/c1-2-3-4-5-6-7-8-9-10-11-12-13-14-15-16-17-22(25)29-19-20(24)18-21(23)30(26,27)28/h9-10,20-21,24H,2-8,11-19H2,1H3,(H2,26,27,28)/b10-9+/t20-,21?/m1/s1. The highest BCUT2D eigenvalue weighted by Crippen LogP contribution is 2.44. The number of aliphatic hydroxyl groups excluding tert-OH is 1. The van der Waals surface area contributed by atoms with Crippen molar-refractivity contribution in [1.82, 2.24) is 0 Å². The van der Waals surface area contributed by atoms with Crippen molar-refractivity contribution >= 4 is 13.6 Å². The van der Waals surface area contributed by atoms with Crippen LogP contribution in [-0.4, -0.2) is 39.5 Å². The Labute approximate surface area is 181 Å². The molecule has 178 valence electrons. The van der Waals surface area contributed by atoms with E-state index < -0.39 is 38.6 Å². The molecule has 0 aromatic heterocycles. The van der Waals surface area contributed by atoms with E-state index in [1.54, 1.807) is 0 Å². The predicted octanol–water partition coefficient (Wildman–Crippen LogP) is 5.79. The zero-order valence-corrected chi connectivity index (χ0v) is 19.4. The molecule has 0 heterocycles. The number of halogens is 1. The molecule has 0 aliphatic rings. The third kappa shape index (κ3) is 19.2. The first-order valence-electron chi connectivity index (χ1n) is 11.4. The zero-order valence-electron chi connectivity index (χ0n) is 18.5. The molecule has 0 aromatic carbocycles. The lowest BCUT2D eigenvalue weighted by atomic mass is 10.1. The van der Waals surface area contributed by atoms with Gasteiger partial charge in [-0.15, -0.1) is 0 Å². The van der Waals surface area contributed by atoms with Crippen LogP contribution in [0.5, 0.6) is 0 Å². The Morgan fingerprint density at radius 1 is 0.933 bits per heavy atom. The number of hydrogen-bond acceptors (Lipinski definition) is 4. The second kappa shape index (κ2) is 19.0. The van der Waals surface area contributed by atoms with Gasteiger partial charge in [0, 0.05) is 12.8 Å². The first kappa shape index (κ1) is 29.2. The number of carbonyl (C=O) groups is 1. The number of ether oxygens (including phenoxy) is 1. The van der Waals surface area contributed by atoms with Crippen molar-refractivity contribution in [2.45, 2.75) is 115 Å². The summed E-state index contributed by atoms with van der Waals surface area (Å²) in [6.45, 7) is 1.78. The van der Waals surface area contributed by atoms with Crippen LogP contribution in [0.15, 0.2) is 12.2 Å². The third-order valence-electron chi connectivity index (χ3n) is 4.91. The summed E-state index contributed by atoms with van der Waals surface area (Å²) < 4.78 is 28.6. The van der Waals surface area contributed by atoms with E-state index in [1.807, 2.05) is 0 Å². The topological polar surface area (TPSA) is 104 Å². The van der Waals surface area contributed by atoms with Crippen LogP contribution in [0, 0.1) is 0 Å². The molecular weight excluding hydrogens is 410 g/mol. The van der Waals surface area contributed by atoms with Gasteiger partial charge in [0.05, 0.1) is 6.10 Å². The van der Waals surface area contributed by atoms with Crippen LogP contribution in [-0.2, 0) is 14.1 Å². The quantitative estimate of drug-likeness (QED) is 0.0934. The predicted molar refractivity (Wildman–Crippen MR) is 118 cm³/mol. The maximum absolute atomic E-state index is 13.1. The van der Waals surface area contributed by atoms with Crippen molar-refractivity contribution in [2.24, 2.45) is 0 Å². The Balaban J connectivity index is 3.46. The summed E-state index contributed by atoms with van der Waals surface area (Å²) >= 11 is 0. The van der Waals surface area contributed by atoms with Gasteiger partial charge in [-0.2, -0.15) is 0 Å². The van der Waals surface area contributed by atoms with Gasteiger partial charge in [-0.1, -0.05) is 70.4 Å². The average molecular weight is 453 g/mol. The number of aliphatic hydroxyl groups is 1. The smallest absolute Gasteiger partial charge is 0.359 e. The highest BCUT2D eigenvalue weighted by Gasteiger charge is 2.31. The van der Waals surface area contributed by atoms with Crippen LogP contribution >= 0.6 is 7.60 Å². The molecule has 0 fully saturated rings. The number of esters is 1. The van der Waals surface area contributed by atoms with Gasteiger partial charge in [-0.3, -0.25) is 9.36 Å². The fourth-order valence-electron chi connectivity index (χ4n) is 3.03. The van der Waals surface area contributed by atoms with E-state index in [4.69, 9.17) is 14.5 Å². The van der Waals surface area contributed by atoms with Crippen LogP contribution in [0.3, 0.4) is 0 Å². The molecule has 0 radical (unpaired) electrons. The van der Waals surface area contributed by atoms with Crippen LogP contribution in [0.25, 0.3) is 0 Å². The molecule has 0 aromatic rings. The van der Waals surface area contributed by atoms with Crippen LogP contribution in [0.4, 0.5) is 4.39 Å². The van der Waals surface area contributed by atoms with Gasteiger partial charge in [0.15, 0.2) is 0 Å². The summed E-state index contributed by atoms with van der Waals surface area (Å²) in [4.78, 5) is 28.8. The molecule has 6 nitrogen and oxygen atoms in total. The Kier molecular flexibility index (Phi) is 18.5. The van der Waals surface area contributed by atoms with Crippen LogP contribution in [0.2, 0.25) is 0 Å². The average Bonchev–Trinajstić information content (AvgIpc) is 2.68. The van der Waals surface area contributed by atoms with Crippen molar-refractivity contribution < 1.29 is 33.4 Å². The summed E-state index contributed by atoms with van der Waals surface area (Å²) in [6, 6.07) is 0. The number of unbranched alkanes of at least 4 members (excludes halogenated alkanes) is 11. The number of hydrogen-bond donors (Lipinski definition) is 3. The number of rotatable bonds is 20. The van der Waals surface area contributed by atoms with Crippen LogP contribution < -0.4 is 0 Å². The maximum Gasteiger partial charge on any atom is 0.359 e. The Morgan fingerprint density at radius 3 is 1.97 bits per heavy atom. The van der Waals surface area contributed by atoms with Gasteiger partial charge in [0.25, 0.3) is 0 Å². The summed E-state index contributed by atoms with van der Waals surface area (Å²) in [7, 11) is -4.88. The van der Waals surface area contributed by atoms with Crippen molar-refractivity contribution in [3.05, 3.63) is 12.2 Å². The fraction of sp³-hybridized carbons (Fsp3) is 0.864. The molecule has 0 aliphatic heterocycles. The molecule has 30 heavy (non-hydrogen) atoms. The number of alkyl halides is 1. The molecular formula is C22H42FO6P. The Bertz CT molecular complexity index is 494. The largest absolute Gasteiger partial charge is 0.463 e. The molecule has 0 amide bonds. The minimum atomic E-state index is -4.88. The summed E-state index contributed by atoms with van der Waals surface area (Å²) in [5, 5.41) is 9.47. The van der Waals surface area contributed by atoms with Gasteiger partial charge in [0.2, 0.25) is 5.91 Å². The van der Waals surface area contributed by atoms with E-state index in [9.17, 15) is 18.9 Å². The van der Waals surface area contributed by atoms with Crippen molar-refractivity contribution in [1.29, 1.82) is 0 Å². The molecule has 0 rings (SSSR count). The first-order chi connectivity index (χ1) is 14.3. The normalized spacial score (nSPS) is 14.2. The van der Waals surface area contributed by atoms with Gasteiger partial charge >= 0.3 is 13.6 Å². The van der Waals surface area contributed by atoms with E-state index in [0.717, 1.165) is 32.1 Å². The molecule has 0 spiro atoms. The van der Waals surface area contributed by atoms with E-state index in [-0.39, 0.29) is 6.42 Å². The van der Waals surface area contributed by atoms with Gasteiger partial charge < -0.3 is 19.6 Å². The summed E-state index contributed by atoms with van der Waals surface area (Å²) in [6.07, 6.45) is 17.8. The molecule has 8 heteroatoms. The molecule has 2 atom stereocenters. The monoisotopic (exact) mass is 452 g/mol. The van der Waals surface area contributed by atoms with E-state index in [0.29, 0.717) is 6.42 Å². The van der Waals surface area contributed by atoms with E-state index >= 15 is 0 Å². The minimum absolute atomic E-state index is 0.225. The Hall–Kier alpha value is -0.750. The van der Waals surface area contributed by atoms with E-state index in [1.165, 1.54) is 44.9 Å². The zero-order chi connectivity index (χ0) is 22.7. The molecule has 0 saturated heterocycles. The van der Waals surface area contributed by atoms with Crippen molar-refractivity contribution in [2.75, 3.05) is 6.61 Å². The maximum atomic E-state index is 13.1. The minimum Gasteiger partial charge on any atom is -0.463 e. The second-order valence-electron chi connectivity index (χ2n) is 7.93. The number of allylic oxidation sites excluding steroid dienone is 2. The lowest BCUT2D eigenvalue weighted by Crippen LogP contribution is -2.22. The molecule has 0 aliphatic carbocycles. The highest BCUT2D eigenvalue weighted by atomic mass is 31.2. The molecule has 3 N–H and O–H groups in total. The third-order valence-corrected chi connectivity index (χ3v) is 5.85. The lowest BCUT2D eigenvalue weighted by molar-refractivity contribution is -0.147. The van der Waals surface area contributed by atoms with Crippen molar-refractivity contribution in [3.8, 4) is 0 Å². The fourth-order valence-corrected chi connectivity index (χ4v) is 3.55. The van der Waals surface area contributed by atoms with Crippen LogP contribution in [0.1, 0.15) is 103 Å². The summed E-state index contributed by atoms with van der Waals surface area (Å²) in [5.74, 6) is -2.94. The van der Waals surface area contributed by atoms with Gasteiger partial charge in [0.1, 0.15) is 6.61 Å². The van der Waals surface area contributed by atoms with Crippen molar-refractivity contribution in [3.63, 3.8) is 0 Å². The Morgan fingerprint density at radius 2 is 1.43 bits per heavy atom. The molecule has 0 bridgehead atoms. The molecule has 0 saturated carbocycles. The van der Waals surface area contributed by atoms with Gasteiger partial charge in [-0.25, -0.2) is 4.39 Å².